The zero-order valence-electron chi connectivity index (χ0n) is 12.9. The average molecular weight is 285 g/mol. The van der Waals surface area contributed by atoms with Crippen molar-refractivity contribution in [2.24, 2.45) is 7.05 Å². The Hall–Kier alpha value is -2.23. The molecule has 4 heteroatoms. The number of nitrogen functional groups attached to an aromatic ring is 1. The van der Waals surface area contributed by atoms with Gasteiger partial charge in [-0.15, -0.1) is 0 Å². The molecule has 0 saturated carbocycles. The zero-order chi connectivity index (χ0) is 15.4. The molecule has 2 aromatic rings. The number of rotatable bonds is 5. The fraction of sp³-hybridized carbons (Fsp3) is 0.353. The standard InChI is InChI=1S/C17H23N3O/c1-4-13(2)20(11-14-8-6-5-7-9-14)17(21)16-10-15(18)12-19(16)3/h5-10,12-13H,4,11,18H2,1-3H3. The molecule has 21 heavy (non-hydrogen) atoms. The number of amides is 1. The van der Waals surface area contributed by atoms with Gasteiger partial charge >= 0.3 is 0 Å². The Morgan fingerprint density at radius 2 is 2.00 bits per heavy atom. The molecule has 1 atom stereocenters. The number of aryl methyl sites for hydroxylation is 1. The summed E-state index contributed by atoms with van der Waals surface area (Å²) >= 11 is 0. The molecule has 4 nitrogen and oxygen atoms in total. The first kappa shape index (κ1) is 15.2. The number of carbonyl (C=O) groups excluding carboxylic acids is 1. The van der Waals surface area contributed by atoms with Crippen LogP contribution in [0.1, 0.15) is 36.3 Å². The Morgan fingerprint density at radius 1 is 1.33 bits per heavy atom. The molecule has 1 heterocycles. The smallest absolute Gasteiger partial charge is 0.271 e. The summed E-state index contributed by atoms with van der Waals surface area (Å²) in [6.45, 7) is 4.78. The molecule has 0 radical (unpaired) electrons. The number of nitrogens with zero attached hydrogens (tertiary/aromatic N) is 2. The summed E-state index contributed by atoms with van der Waals surface area (Å²) in [4.78, 5) is 14.7. The number of anilines is 1. The van der Waals surface area contributed by atoms with Crippen molar-refractivity contribution in [2.45, 2.75) is 32.9 Å². The Labute approximate surface area is 126 Å². The predicted molar refractivity (Wildman–Crippen MR) is 85.9 cm³/mol. The van der Waals surface area contributed by atoms with Crippen molar-refractivity contribution >= 4 is 11.6 Å². The van der Waals surface area contributed by atoms with Gasteiger partial charge in [0.1, 0.15) is 5.69 Å². The lowest BCUT2D eigenvalue weighted by Crippen LogP contribution is -2.38. The maximum absolute atomic E-state index is 12.8. The first-order valence-electron chi connectivity index (χ1n) is 7.29. The summed E-state index contributed by atoms with van der Waals surface area (Å²) in [5, 5.41) is 0. The number of nitrogens with two attached hydrogens (primary N) is 1. The van der Waals surface area contributed by atoms with Crippen LogP contribution in [0.3, 0.4) is 0 Å². The SMILES string of the molecule is CCC(C)N(Cc1ccccc1)C(=O)c1cc(N)cn1C. The second kappa shape index (κ2) is 6.48. The second-order valence-electron chi connectivity index (χ2n) is 5.45. The molecule has 0 fully saturated rings. The first-order chi connectivity index (χ1) is 10.0. The average Bonchev–Trinajstić information content (AvgIpc) is 2.83. The highest BCUT2D eigenvalue weighted by Crippen LogP contribution is 2.17. The molecule has 0 aliphatic heterocycles. The van der Waals surface area contributed by atoms with Crippen LogP contribution in [-0.2, 0) is 13.6 Å². The van der Waals surface area contributed by atoms with Gasteiger partial charge in [0.05, 0.1) is 5.69 Å². The number of hydrogen-bond donors (Lipinski definition) is 1. The van der Waals surface area contributed by atoms with Crippen molar-refractivity contribution < 1.29 is 4.79 Å². The van der Waals surface area contributed by atoms with Crippen molar-refractivity contribution in [3.8, 4) is 0 Å². The lowest BCUT2D eigenvalue weighted by Gasteiger charge is -2.29. The molecular formula is C17H23N3O. The first-order valence-corrected chi connectivity index (χ1v) is 7.29. The van der Waals surface area contributed by atoms with Crippen LogP contribution < -0.4 is 5.73 Å². The van der Waals surface area contributed by atoms with E-state index < -0.39 is 0 Å². The molecule has 0 aliphatic carbocycles. The molecule has 0 aliphatic rings. The third kappa shape index (κ3) is 3.45. The fourth-order valence-electron chi connectivity index (χ4n) is 2.38. The van der Waals surface area contributed by atoms with E-state index in [2.05, 4.69) is 13.8 Å². The zero-order valence-corrected chi connectivity index (χ0v) is 12.9. The fourth-order valence-corrected chi connectivity index (χ4v) is 2.38. The van der Waals surface area contributed by atoms with Gasteiger partial charge in [0, 0.05) is 25.8 Å². The van der Waals surface area contributed by atoms with Gasteiger partial charge in [0.2, 0.25) is 0 Å². The van der Waals surface area contributed by atoms with Gasteiger partial charge in [-0.3, -0.25) is 4.79 Å². The monoisotopic (exact) mass is 285 g/mol. The van der Waals surface area contributed by atoms with Gasteiger partial charge in [0.15, 0.2) is 0 Å². The molecule has 1 aromatic carbocycles. The Kier molecular flexibility index (Phi) is 4.68. The van der Waals surface area contributed by atoms with E-state index in [1.54, 1.807) is 16.8 Å². The summed E-state index contributed by atoms with van der Waals surface area (Å²) in [6.07, 6.45) is 2.68. The lowest BCUT2D eigenvalue weighted by atomic mass is 10.1. The maximum atomic E-state index is 12.8. The van der Waals surface area contributed by atoms with E-state index in [1.165, 1.54) is 0 Å². The summed E-state index contributed by atoms with van der Waals surface area (Å²) in [6, 6.07) is 12.0. The van der Waals surface area contributed by atoms with Crippen LogP contribution in [0.2, 0.25) is 0 Å². The minimum absolute atomic E-state index is 0.0207. The van der Waals surface area contributed by atoms with Crippen LogP contribution >= 0.6 is 0 Å². The summed E-state index contributed by atoms with van der Waals surface area (Å²) in [5.41, 5.74) is 8.16. The molecule has 0 bridgehead atoms. The quantitative estimate of drug-likeness (QED) is 0.918. The molecule has 2 rings (SSSR count). The van der Waals surface area contributed by atoms with Crippen molar-refractivity contribution in [3.05, 3.63) is 53.9 Å². The van der Waals surface area contributed by atoms with Crippen molar-refractivity contribution in [2.75, 3.05) is 5.73 Å². The van der Waals surface area contributed by atoms with E-state index in [4.69, 9.17) is 5.73 Å². The van der Waals surface area contributed by atoms with E-state index >= 15 is 0 Å². The number of hydrogen-bond acceptors (Lipinski definition) is 2. The van der Waals surface area contributed by atoms with E-state index in [1.807, 2.05) is 42.3 Å². The van der Waals surface area contributed by atoms with Gasteiger partial charge in [-0.25, -0.2) is 0 Å². The number of benzene rings is 1. The normalized spacial score (nSPS) is 12.1. The highest BCUT2D eigenvalue weighted by molar-refractivity contribution is 5.94. The molecular weight excluding hydrogens is 262 g/mol. The van der Waals surface area contributed by atoms with Gasteiger partial charge in [0.25, 0.3) is 5.91 Å². The predicted octanol–water partition coefficient (Wildman–Crippen LogP) is 3.05. The summed E-state index contributed by atoms with van der Waals surface area (Å²) in [5.74, 6) is 0.0207. The largest absolute Gasteiger partial charge is 0.397 e. The summed E-state index contributed by atoms with van der Waals surface area (Å²) in [7, 11) is 1.85. The van der Waals surface area contributed by atoms with Gasteiger partial charge in [-0.2, -0.15) is 0 Å². The van der Waals surface area contributed by atoms with Gasteiger partial charge in [-0.1, -0.05) is 37.3 Å². The summed E-state index contributed by atoms with van der Waals surface area (Å²) < 4.78 is 1.79. The minimum atomic E-state index is 0.0207. The van der Waals surface area contributed by atoms with Crippen LogP contribution in [0.5, 0.6) is 0 Å². The molecule has 0 spiro atoms. The lowest BCUT2D eigenvalue weighted by molar-refractivity contribution is 0.0661. The van der Waals surface area contributed by atoms with Crippen LogP contribution in [0.15, 0.2) is 42.6 Å². The second-order valence-corrected chi connectivity index (χ2v) is 5.45. The maximum Gasteiger partial charge on any atom is 0.271 e. The molecule has 0 saturated heterocycles. The molecule has 1 unspecified atom stereocenters. The van der Waals surface area contributed by atoms with Crippen molar-refractivity contribution in [1.29, 1.82) is 0 Å². The molecule has 1 amide bonds. The van der Waals surface area contributed by atoms with E-state index in [0.717, 1.165) is 12.0 Å². The number of aromatic nitrogens is 1. The van der Waals surface area contributed by atoms with Crippen LogP contribution in [0, 0.1) is 0 Å². The van der Waals surface area contributed by atoms with Crippen molar-refractivity contribution in [1.82, 2.24) is 9.47 Å². The Bertz CT molecular complexity index is 604. The minimum Gasteiger partial charge on any atom is -0.397 e. The van der Waals surface area contributed by atoms with Crippen LogP contribution in [0.4, 0.5) is 5.69 Å². The van der Waals surface area contributed by atoms with E-state index in [0.29, 0.717) is 17.9 Å². The van der Waals surface area contributed by atoms with Crippen LogP contribution in [-0.4, -0.2) is 21.4 Å². The van der Waals surface area contributed by atoms with Gasteiger partial charge < -0.3 is 15.2 Å². The van der Waals surface area contributed by atoms with Crippen molar-refractivity contribution in [3.63, 3.8) is 0 Å². The topological polar surface area (TPSA) is 51.3 Å². The highest BCUT2D eigenvalue weighted by atomic mass is 16.2. The van der Waals surface area contributed by atoms with Crippen LogP contribution in [0.25, 0.3) is 0 Å². The third-order valence-corrected chi connectivity index (χ3v) is 3.82. The Morgan fingerprint density at radius 3 is 2.52 bits per heavy atom. The number of carbonyl (C=O) groups is 1. The van der Waals surface area contributed by atoms with E-state index in [9.17, 15) is 4.79 Å². The molecule has 1 aromatic heterocycles. The van der Waals surface area contributed by atoms with E-state index in [-0.39, 0.29) is 11.9 Å². The Balaban J connectivity index is 2.28. The van der Waals surface area contributed by atoms with Gasteiger partial charge in [-0.05, 0) is 25.0 Å². The molecule has 2 N–H and O–H groups in total. The highest BCUT2D eigenvalue weighted by Gasteiger charge is 2.23. The third-order valence-electron chi connectivity index (χ3n) is 3.82. The molecule has 112 valence electrons.